The highest BCUT2D eigenvalue weighted by atomic mass is 32.2. The van der Waals surface area contributed by atoms with Crippen LogP contribution in [0.15, 0.2) is 40.9 Å². The Morgan fingerprint density at radius 2 is 2.00 bits per heavy atom. The quantitative estimate of drug-likeness (QED) is 0.721. The van der Waals surface area contributed by atoms with Gasteiger partial charge in [-0.3, -0.25) is 0 Å². The van der Waals surface area contributed by atoms with Crippen LogP contribution in [0.1, 0.15) is 16.9 Å². The van der Waals surface area contributed by atoms with Gasteiger partial charge in [0.25, 0.3) is 0 Å². The number of sulfonamides is 1. The van der Waals surface area contributed by atoms with Crippen LogP contribution < -0.4 is 5.32 Å². The molecule has 0 saturated carbocycles. The van der Waals surface area contributed by atoms with Crippen molar-refractivity contribution in [3.8, 4) is 11.5 Å². The number of halogens is 1. The fraction of sp³-hybridized carbons (Fsp3) is 0.263. The van der Waals surface area contributed by atoms with Gasteiger partial charge in [-0.25, -0.2) is 22.8 Å². The van der Waals surface area contributed by atoms with Crippen molar-refractivity contribution in [1.29, 1.82) is 0 Å². The molecular formula is C19H19FN4O3S. The van der Waals surface area contributed by atoms with Gasteiger partial charge in [0, 0.05) is 37.0 Å². The number of aromatic nitrogens is 2. The van der Waals surface area contributed by atoms with Gasteiger partial charge >= 0.3 is 0 Å². The van der Waals surface area contributed by atoms with Gasteiger partial charge < -0.3 is 9.73 Å². The lowest BCUT2D eigenvalue weighted by Crippen LogP contribution is -2.34. The van der Waals surface area contributed by atoms with Crippen LogP contribution in [0.25, 0.3) is 11.5 Å². The van der Waals surface area contributed by atoms with Gasteiger partial charge in [0.05, 0.1) is 6.26 Å². The molecule has 0 fully saturated rings. The summed E-state index contributed by atoms with van der Waals surface area (Å²) in [6.07, 6.45) is 3.41. The molecule has 2 aromatic heterocycles. The Kier molecular flexibility index (Phi) is 4.64. The molecule has 0 unspecified atom stereocenters. The van der Waals surface area contributed by atoms with E-state index >= 15 is 0 Å². The van der Waals surface area contributed by atoms with E-state index in [1.165, 1.54) is 22.7 Å². The standard InChI is InChI=1S/C19H19FN4O3S/c1-12-10-21-19(22-15-5-3-14(20)4-6-15)23-18(12)17-9-13-11-24(28(2,25)26)8-7-16(13)27-17/h3-6,9-10H,7-8,11H2,1-2H3,(H,21,22,23). The first-order chi connectivity index (χ1) is 13.3. The minimum atomic E-state index is -3.25. The molecule has 1 aromatic carbocycles. The molecule has 146 valence electrons. The molecule has 3 aromatic rings. The van der Waals surface area contributed by atoms with Crippen LogP contribution in [0.3, 0.4) is 0 Å². The fourth-order valence-electron chi connectivity index (χ4n) is 3.12. The zero-order chi connectivity index (χ0) is 19.9. The van der Waals surface area contributed by atoms with E-state index in [9.17, 15) is 12.8 Å². The summed E-state index contributed by atoms with van der Waals surface area (Å²) in [4.78, 5) is 8.79. The average molecular weight is 402 g/mol. The Morgan fingerprint density at radius 3 is 2.71 bits per heavy atom. The summed E-state index contributed by atoms with van der Waals surface area (Å²) in [5.41, 5.74) is 2.96. The van der Waals surface area contributed by atoms with Crippen molar-refractivity contribution in [1.82, 2.24) is 14.3 Å². The van der Waals surface area contributed by atoms with Gasteiger partial charge in [0.2, 0.25) is 16.0 Å². The monoisotopic (exact) mass is 402 g/mol. The van der Waals surface area contributed by atoms with E-state index < -0.39 is 10.0 Å². The molecule has 1 N–H and O–H groups in total. The Labute approximate surface area is 162 Å². The van der Waals surface area contributed by atoms with E-state index in [-0.39, 0.29) is 5.82 Å². The summed E-state index contributed by atoms with van der Waals surface area (Å²) >= 11 is 0. The Morgan fingerprint density at radius 1 is 1.25 bits per heavy atom. The van der Waals surface area contributed by atoms with E-state index in [4.69, 9.17) is 4.42 Å². The summed E-state index contributed by atoms with van der Waals surface area (Å²) < 4.78 is 44.1. The summed E-state index contributed by atoms with van der Waals surface area (Å²) in [7, 11) is -3.25. The lowest BCUT2D eigenvalue weighted by atomic mass is 10.1. The molecule has 1 aliphatic rings. The Hall–Kier alpha value is -2.78. The van der Waals surface area contributed by atoms with E-state index in [1.54, 1.807) is 18.3 Å². The third kappa shape index (κ3) is 3.76. The van der Waals surface area contributed by atoms with E-state index in [0.717, 1.165) is 16.9 Å². The Balaban J connectivity index is 1.63. The van der Waals surface area contributed by atoms with Gasteiger partial charge in [-0.05, 0) is 42.8 Å². The maximum Gasteiger partial charge on any atom is 0.227 e. The largest absolute Gasteiger partial charge is 0.459 e. The minimum Gasteiger partial charge on any atom is -0.459 e. The molecule has 0 amide bonds. The number of rotatable bonds is 4. The molecule has 0 atom stereocenters. The molecule has 0 aliphatic carbocycles. The summed E-state index contributed by atoms with van der Waals surface area (Å²) in [6, 6.07) is 7.74. The summed E-state index contributed by atoms with van der Waals surface area (Å²) in [5, 5.41) is 3.04. The number of hydrogen-bond donors (Lipinski definition) is 1. The number of aryl methyl sites for hydroxylation is 1. The molecule has 7 nitrogen and oxygen atoms in total. The molecule has 0 spiro atoms. The lowest BCUT2D eigenvalue weighted by molar-refractivity contribution is 0.366. The molecular weight excluding hydrogens is 383 g/mol. The highest BCUT2D eigenvalue weighted by Gasteiger charge is 2.27. The highest BCUT2D eigenvalue weighted by Crippen LogP contribution is 2.31. The maximum absolute atomic E-state index is 13.1. The third-order valence-corrected chi connectivity index (χ3v) is 5.86. The average Bonchev–Trinajstić information content (AvgIpc) is 3.07. The van der Waals surface area contributed by atoms with Gasteiger partial charge in [-0.1, -0.05) is 0 Å². The minimum absolute atomic E-state index is 0.294. The first-order valence-electron chi connectivity index (χ1n) is 8.73. The second-order valence-electron chi connectivity index (χ2n) is 6.76. The highest BCUT2D eigenvalue weighted by molar-refractivity contribution is 7.88. The molecule has 0 bridgehead atoms. The zero-order valence-electron chi connectivity index (χ0n) is 15.4. The number of nitrogens with one attached hydrogen (secondary N) is 1. The van der Waals surface area contributed by atoms with Crippen molar-refractivity contribution in [3.63, 3.8) is 0 Å². The predicted octanol–water partition coefficient (Wildman–Crippen LogP) is 3.25. The van der Waals surface area contributed by atoms with E-state index in [1.807, 2.05) is 13.0 Å². The first-order valence-corrected chi connectivity index (χ1v) is 10.6. The number of benzene rings is 1. The number of anilines is 2. The van der Waals surface area contributed by atoms with Crippen LogP contribution in [0, 0.1) is 12.7 Å². The number of furan rings is 1. The van der Waals surface area contributed by atoms with Gasteiger partial charge in [0.1, 0.15) is 17.3 Å². The van der Waals surface area contributed by atoms with E-state index in [2.05, 4.69) is 15.3 Å². The molecule has 3 heterocycles. The van der Waals surface area contributed by atoms with Crippen LogP contribution in [0.5, 0.6) is 0 Å². The topological polar surface area (TPSA) is 88.3 Å². The molecule has 4 rings (SSSR count). The normalized spacial score (nSPS) is 14.7. The van der Waals surface area contributed by atoms with Crippen LogP contribution >= 0.6 is 0 Å². The molecule has 0 saturated heterocycles. The maximum atomic E-state index is 13.1. The lowest BCUT2D eigenvalue weighted by Gasteiger charge is -2.23. The van der Waals surface area contributed by atoms with Crippen LogP contribution in [0.4, 0.5) is 16.0 Å². The number of hydrogen-bond acceptors (Lipinski definition) is 6. The van der Waals surface area contributed by atoms with Crippen molar-refractivity contribution in [3.05, 3.63) is 59.2 Å². The van der Waals surface area contributed by atoms with Gasteiger partial charge in [-0.2, -0.15) is 4.31 Å². The molecule has 28 heavy (non-hydrogen) atoms. The summed E-state index contributed by atoms with van der Waals surface area (Å²) in [5.74, 6) is 1.39. The van der Waals surface area contributed by atoms with Crippen molar-refractivity contribution in [2.75, 3.05) is 18.1 Å². The zero-order valence-corrected chi connectivity index (χ0v) is 16.3. The van der Waals surface area contributed by atoms with Gasteiger partial charge in [-0.15, -0.1) is 0 Å². The number of nitrogens with zero attached hydrogens (tertiary/aromatic N) is 3. The van der Waals surface area contributed by atoms with Crippen LogP contribution in [-0.2, 0) is 23.0 Å². The van der Waals surface area contributed by atoms with Crippen LogP contribution in [0.2, 0.25) is 0 Å². The van der Waals surface area contributed by atoms with Crippen molar-refractivity contribution in [2.24, 2.45) is 0 Å². The second kappa shape index (κ2) is 6.99. The second-order valence-corrected chi connectivity index (χ2v) is 8.75. The Bertz CT molecular complexity index is 1130. The first kappa shape index (κ1) is 18.6. The summed E-state index contributed by atoms with van der Waals surface area (Å²) in [6.45, 7) is 2.57. The van der Waals surface area contributed by atoms with E-state index in [0.29, 0.717) is 42.6 Å². The smallest absolute Gasteiger partial charge is 0.227 e. The third-order valence-electron chi connectivity index (χ3n) is 4.61. The predicted molar refractivity (Wildman–Crippen MR) is 103 cm³/mol. The van der Waals surface area contributed by atoms with Crippen molar-refractivity contribution < 1.29 is 17.2 Å². The fourth-order valence-corrected chi connectivity index (χ4v) is 3.92. The van der Waals surface area contributed by atoms with Crippen molar-refractivity contribution >= 4 is 21.7 Å². The molecule has 0 radical (unpaired) electrons. The molecule has 1 aliphatic heterocycles. The van der Waals surface area contributed by atoms with Gasteiger partial charge in [0.15, 0.2) is 5.76 Å². The number of fused-ring (bicyclic) bond motifs is 1. The SMILES string of the molecule is Cc1cnc(Nc2ccc(F)cc2)nc1-c1cc2c(o1)CCN(S(C)(=O)=O)C2. The molecule has 9 heteroatoms. The van der Waals surface area contributed by atoms with Crippen molar-refractivity contribution in [2.45, 2.75) is 19.9 Å². The van der Waals surface area contributed by atoms with Crippen LogP contribution in [-0.4, -0.2) is 35.5 Å².